The van der Waals surface area contributed by atoms with Gasteiger partial charge in [-0.15, -0.1) is 5.10 Å². The maximum atomic E-state index is 13.2. The molecular formula is C19H24FN5O. The predicted molar refractivity (Wildman–Crippen MR) is 95.4 cm³/mol. The van der Waals surface area contributed by atoms with Crippen LogP contribution in [-0.4, -0.2) is 40.5 Å². The summed E-state index contributed by atoms with van der Waals surface area (Å²) in [5.74, 6) is -0.430. The van der Waals surface area contributed by atoms with Gasteiger partial charge in [0.25, 0.3) is 5.91 Å². The average Bonchev–Trinajstić information content (AvgIpc) is 3.13. The number of halogens is 1. The quantitative estimate of drug-likeness (QED) is 0.860. The molecule has 2 aliphatic rings. The first-order valence-corrected chi connectivity index (χ1v) is 9.33. The largest absolute Gasteiger partial charge is 0.350 e. The third-order valence-corrected chi connectivity index (χ3v) is 5.78. The molecule has 0 atom stereocenters. The summed E-state index contributed by atoms with van der Waals surface area (Å²) in [4.78, 5) is 12.5. The van der Waals surface area contributed by atoms with E-state index in [9.17, 15) is 9.18 Å². The Morgan fingerprint density at radius 3 is 2.65 bits per heavy atom. The summed E-state index contributed by atoms with van der Waals surface area (Å²) < 4.78 is 15.0. The third kappa shape index (κ3) is 3.35. The van der Waals surface area contributed by atoms with Crippen LogP contribution in [0, 0.1) is 5.82 Å². The van der Waals surface area contributed by atoms with Gasteiger partial charge in [0.1, 0.15) is 5.82 Å². The van der Waals surface area contributed by atoms with Crippen LogP contribution < -0.4 is 10.6 Å². The molecule has 0 bridgehead atoms. The van der Waals surface area contributed by atoms with Crippen molar-refractivity contribution in [1.82, 2.24) is 25.6 Å². The molecule has 138 valence electrons. The van der Waals surface area contributed by atoms with Crippen molar-refractivity contribution in [3.63, 3.8) is 0 Å². The highest BCUT2D eigenvalue weighted by atomic mass is 19.1. The number of nitrogens with one attached hydrogen (secondary N) is 2. The Labute approximate surface area is 152 Å². The maximum Gasteiger partial charge on any atom is 0.273 e. The molecule has 1 saturated carbocycles. The lowest BCUT2D eigenvalue weighted by atomic mass is 9.64. The number of carbonyl (C=O) groups is 1. The minimum absolute atomic E-state index is 0.0889. The molecule has 2 N–H and O–H groups in total. The fourth-order valence-corrected chi connectivity index (χ4v) is 3.94. The molecule has 1 aliphatic heterocycles. The van der Waals surface area contributed by atoms with Gasteiger partial charge in [-0.2, -0.15) is 0 Å². The Balaban J connectivity index is 1.40. The first-order chi connectivity index (χ1) is 12.7. The maximum absolute atomic E-state index is 13.2. The minimum Gasteiger partial charge on any atom is -0.350 e. The zero-order chi connectivity index (χ0) is 18.0. The van der Waals surface area contributed by atoms with Gasteiger partial charge in [-0.1, -0.05) is 23.8 Å². The number of aromatic nitrogens is 3. The number of hydrogen-bond donors (Lipinski definition) is 2. The zero-order valence-electron chi connectivity index (χ0n) is 14.7. The van der Waals surface area contributed by atoms with E-state index in [-0.39, 0.29) is 17.1 Å². The Morgan fingerprint density at radius 1 is 1.27 bits per heavy atom. The Morgan fingerprint density at radius 2 is 2.00 bits per heavy atom. The molecule has 2 aromatic rings. The highest BCUT2D eigenvalue weighted by Crippen LogP contribution is 2.43. The van der Waals surface area contributed by atoms with E-state index in [0.717, 1.165) is 50.8 Å². The molecule has 0 spiro atoms. The lowest BCUT2D eigenvalue weighted by Crippen LogP contribution is -2.45. The van der Waals surface area contributed by atoms with Crippen LogP contribution in [0.25, 0.3) is 0 Å². The van der Waals surface area contributed by atoms with Gasteiger partial charge in [0.15, 0.2) is 5.69 Å². The molecule has 26 heavy (non-hydrogen) atoms. The second kappa shape index (κ2) is 7.15. The standard InChI is InChI=1S/C19H24FN5O/c20-15-4-2-14(3-5-15)19(8-1-9-19)13-22-18(26)17-12-25(24-23-17)16-6-10-21-11-7-16/h2-5,12,16,21H,1,6-11,13H2,(H,22,26). The van der Waals surface area contributed by atoms with Crippen molar-refractivity contribution < 1.29 is 9.18 Å². The molecule has 2 heterocycles. The highest BCUT2D eigenvalue weighted by Gasteiger charge is 2.39. The van der Waals surface area contributed by atoms with E-state index in [0.29, 0.717) is 18.3 Å². The topological polar surface area (TPSA) is 71.8 Å². The van der Waals surface area contributed by atoms with Crippen LogP contribution >= 0.6 is 0 Å². The molecule has 6 nitrogen and oxygen atoms in total. The van der Waals surface area contributed by atoms with Crippen LogP contribution in [0.15, 0.2) is 30.5 Å². The van der Waals surface area contributed by atoms with Gasteiger partial charge in [-0.05, 0) is 56.5 Å². The molecule has 2 fully saturated rings. The summed E-state index contributed by atoms with van der Waals surface area (Å²) in [7, 11) is 0. The fraction of sp³-hybridized carbons (Fsp3) is 0.526. The van der Waals surface area contributed by atoms with Gasteiger partial charge in [0.05, 0.1) is 12.2 Å². The molecular weight excluding hydrogens is 333 g/mol. The molecule has 0 radical (unpaired) electrons. The van der Waals surface area contributed by atoms with Gasteiger partial charge in [0.2, 0.25) is 0 Å². The third-order valence-electron chi connectivity index (χ3n) is 5.78. The van der Waals surface area contributed by atoms with Crippen molar-refractivity contribution in [2.24, 2.45) is 0 Å². The number of hydrogen-bond acceptors (Lipinski definition) is 4. The summed E-state index contributed by atoms with van der Waals surface area (Å²) >= 11 is 0. The second-order valence-corrected chi connectivity index (χ2v) is 7.39. The van der Waals surface area contributed by atoms with Crippen molar-refractivity contribution in [1.29, 1.82) is 0 Å². The van der Waals surface area contributed by atoms with Crippen molar-refractivity contribution in [3.8, 4) is 0 Å². The van der Waals surface area contributed by atoms with Crippen molar-refractivity contribution >= 4 is 5.91 Å². The van der Waals surface area contributed by atoms with Crippen LogP contribution in [0.2, 0.25) is 0 Å². The van der Waals surface area contributed by atoms with Gasteiger partial charge >= 0.3 is 0 Å². The lowest BCUT2D eigenvalue weighted by Gasteiger charge is -2.42. The molecule has 1 saturated heterocycles. The van der Waals surface area contributed by atoms with Gasteiger partial charge in [0, 0.05) is 12.0 Å². The number of nitrogens with zero attached hydrogens (tertiary/aromatic N) is 3. The van der Waals surface area contributed by atoms with Gasteiger partial charge in [-0.25, -0.2) is 9.07 Å². The van der Waals surface area contributed by atoms with E-state index in [1.807, 2.05) is 16.8 Å². The molecule has 1 aromatic heterocycles. The number of rotatable bonds is 5. The number of piperidine rings is 1. The van der Waals surface area contributed by atoms with Crippen molar-refractivity contribution in [2.75, 3.05) is 19.6 Å². The number of amides is 1. The van der Waals surface area contributed by atoms with Crippen LogP contribution in [0.4, 0.5) is 4.39 Å². The summed E-state index contributed by atoms with van der Waals surface area (Å²) in [6, 6.07) is 6.94. The van der Waals surface area contributed by atoms with E-state index in [1.54, 1.807) is 6.20 Å². The van der Waals surface area contributed by atoms with E-state index < -0.39 is 0 Å². The van der Waals surface area contributed by atoms with Crippen LogP contribution in [0.1, 0.15) is 54.2 Å². The average molecular weight is 357 g/mol. The number of benzene rings is 1. The Hall–Kier alpha value is -2.28. The van der Waals surface area contributed by atoms with Crippen LogP contribution in [0.5, 0.6) is 0 Å². The normalized spacial score (nSPS) is 19.7. The zero-order valence-corrected chi connectivity index (χ0v) is 14.7. The first-order valence-electron chi connectivity index (χ1n) is 9.33. The molecule has 1 aromatic carbocycles. The summed E-state index contributed by atoms with van der Waals surface area (Å²) in [6.07, 6.45) is 6.87. The van der Waals surface area contributed by atoms with E-state index >= 15 is 0 Å². The van der Waals surface area contributed by atoms with E-state index in [4.69, 9.17) is 0 Å². The Bertz CT molecular complexity index is 762. The fourth-order valence-electron chi connectivity index (χ4n) is 3.94. The van der Waals surface area contributed by atoms with Crippen LogP contribution in [-0.2, 0) is 5.41 Å². The molecule has 1 aliphatic carbocycles. The van der Waals surface area contributed by atoms with Gasteiger partial charge in [-0.3, -0.25) is 4.79 Å². The van der Waals surface area contributed by atoms with E-state index in [1.165, 1.54) is 12.1 Å². The van der Waals surface area contributed by atoms with E-state index in [2.05, 4.69) is 20.9 Å². The van der Waals surface area contributed by atoms with Crippen molar-refractivity contribution in [2.45, 2.75) is 43.6 Å². The highest BCUT2D eigenvalue weighted by molar-refractivity contribution is 5.91. The molecule has 1 amide bonds. The monoisotopic (exact) mass is 357 g/mol. The minimum atomic E-state index is -0.234. The predicted octanol–water partition coefficient (Wildman–Crippen LogP) is 2.19. The molecule has 7 heteroatoms. The summed E-state index contributed by atoms with van der Waals surface area (Å²) in [5, 5.41) is 14.5. The first kappa shape index (κ1) is 17.1. The lowest BCUT2D eigenvalue weighted by molar-refractivity contribution is 0.0922. The summed E-state index contributed by atoms with van der Waals surface area (Å²) in [6.45, 7) is 2.47. The SMILES string of the molecule is O=C(NCC1(c2ccc(F)cc2)CCC1)c1cn(C2CCNCC2)nn1. The number of carbonyl (C=O) groups excluding carboxylic acids is 1. The van der Waals surface area contributed by atoms with Gasteiger partial charge < -0.3 is 10.6 Å². The van der Waals surface area contributed by atoms with Crippen molar-refractivity contribution in [3.05, 3.63) is 47.5 Å². The second-order valence-electron chi connectivity index (χ2n) is 7.39. The smallest absolute Gasteiger partial charge is 0.273 e. The Kier molecular flexibility index (Phi) is 4.72. The molecule has 0 unspecified atom stereocenters. The molecule has 4 rings (SSSR count). The summed E-state index contributed by atoms with van der Waals surface area (Å²) in [5.41, 5.74) is 1.36. The van der Waals surface area contributed by atoms with Crippen LogP contribution in [0.3, 0.4) is 0 Å².